The van der Waals surface area contributed by atoms with Gasteiger partial charge in [0.25, 0.3) is 0 Å². The van der Waals surface area contributed by atoms with Crippen LogP contribution >= 0.6 is 0 Å². The van der Waals surface area contributed by atoms with E-state index in [0.29, 0.717) is 0 Å². The first kappa shape index (κ1) is 18.2. The Morgan fingerprint density at radius 3 is 0.938 bits per heavy atom. The standard InChI is InChI=1S/2C6H15NO/c2*1-6(2,3)5(7)4-8/h2*5,8H,4,7H2,1-3H3/t5-;/m1./s1. The number of hydrogen-bond donors (Lipinski definition) is 4. The van der Waals surface area contributed by atoms with E-state index in [-0.39, 0.29) is 36.1 Å². The molecule has 0 aromatic rings. The molecule has 0 spiro atoms. The molecule has 2 atom stereocenters. The van der Waals surface area contributed by atoms with E-state index in [2.05, 4.69) is 0 Å². The van der Waals surface area contributed by atoms with Crippen molar-refractivity contribution in [1.29, 1.82) is 0 Å². The molecule has 4 heteroatoms. The van der Waals surface area contributed by atoms with Crippen LogP contribution in [0.5, 0.6) is 0 Å². The van der Waals surface area contributed by atoms with E-state index in [0.717, 1.165) is 0 Å². The van der Waals surface area contributed by atoms with Gasteiger partial charge in [0.1, 0.15) is 0 Å². The third kappa shape index (κ3) is 9.09. The van der Waals surface area contributed by atoms with Crippen LogP contribution in [0.3, 0.4) is 0 Å². The molecule has 0 fully saturated rings. The lowest BCUT2D eigenvalue weighted by molar-refractivity contribution is 0.189. The fourth-order valence-electron chi connectivity index (χ4n) is 0.548. The maximum absolute atomic E-state index is 8.55. The fraction of sp³-hybridized carbons (Fsp3) is 1.00. The highest BCUT2D eigenvalue weighted by Crippen LogP contribution is 2.16. The molecule has 100 valence electrons. The number of hydrogen-bond acceptors (Lipinski definition) is 4. The summed E-state index contributed by atoms with van der Waals surface area (Å²) < 4.78 is 0. The maximum Gasteiger partial charge on any atom is 0.0587 e. The second-order valence-corrected chi connectivity index (χ2v) is 6.31. The molecule has 0 aromatic carbocycles. The van der Waals surface area contributed by atoms with Gasteiger partial charge in [0, 0.05) is 12.1 Å². The zero-order valence-corrected chi connectivity index (χ0v) is 11.6. The SMILES string of the molecule is CC(C)(C)C(N)CO.CC(C)(C)[C@H](N)CO. The van der Waals surface area contributed by atoms with Crippen molar-refractivity contribution in [1.82, 2.24) is 0 Å². The Kier molecular flexibility index (Phi) is 8.22. The first-order chi connectivity index (χ1) is 6.96. The Labute approximate surface area is 100 Å². The average Bonchev–Trinajstić information content (AvgIpc) is 2.13. The summed E-state index contributed by atoms with van der Waals surface area (Å²) in [6, 6.07) is -0.190. The molecule has 0 saturated carbocycles. The van der Waals surface area contributed by atoms with Crippen LogP contribution in [0.2, 0.25) is 0 Å². The van der Waals surface area contributed by atoms with Crippen LogP contribution in [-0.4, -0.2) is 35.5 Å². The van der Waals surface area contributed by atoms with Gasteiger partial charge >= 0.3 is 0 Å². The van der Waals surface area contributed by atoms with Crippen LogP contribution in [-0.2, 0) is 0 Å². The minimum Gasteiger partial charge on any atom is -0.395 e. The van der Waals surface area contributed by atoms with Crippen molar-refractivity contribution in [3.05, 3.63) is 0 Å². The molecule has 0 amide bonds. The van der Waals surface area contributed by atoms with E-state index >= 15 is 0 Å². The predicted molar refractivity (Wildman–Crippen MR) is 69.0 cm³/mol. The summed E-state index contributed by atoms with van der Waals surface area (Å²) in [7, 11) is 0. The van der Waals surface area contributed by atoms with E-state index in [1.165, 1.54) is 0 Å². The highest BCUT2D eigenvalue weighted by molar-refractivity contribution is 4.75. The van der Waals surface area contributed by atoms with Crippen molar-refractivity contribution in [3.63, 3.8) is 0 Å². The summed E-state index contributed by atoms with van der Waals surface area (Å²) in [5, 5.41) is 17.1. The summed E-state index contributed by atoms with van der Waals surface area (Å²) in [6.45, 7) is 12.2. The first-order valence-electron chi connectivity index (χ1n) is 5.69. The largest absolute Gasteiger partial charge is 0.395 e. The molecule has 0 rings (SSSR count). The van der Waals surface area contributed by atoms with Gasteiger partial charge in [0.15, 0.2) is 0 Å². The number of rotatable bonds is 2. The van der Waals surface area contributed by atoms with Crippen molar-refractivity contribution in [2.75, 3.05) is 13.2 Å². The van der Waals surface area contributed by atoms with Crippen LogP contribution in [0.1, 0.15) is 41.5 Å². The second-order valence-electron chi connectivity index (χ2n) is 6.31. The Morgan fingerprint density at radius 2 is 0.938 bits per heavy atom. The molecular formula is C12H30N2O2. The summed E-state index contributed by atoms with van der Waals surface area (Å²) in [6.07, 6.45) is 0. The van der Waals surface area contributed by atoms with Crippen LogP contribution in [0.15, 0.2) is 0 Å². The molecule has 0 aliphatic heterocycles. The molecule has 4 nitrogen and oxygen atoms in total. The summed E-state index contributed by atoms with van der Waals surface area (Å²) in [5.41, 5.74) is 11.1. The van der Waals surface area contributed by atoms with Gasteiger partial charge in [-0.15, -0.1) is 0 Å². The van der Waals surface area contributed by atoms with Gasteiger partial charge in [-0.25, -0.2) is 0 Å². The van der Waals surface area contributed by atoms with E-state index < -0.39 is 0 Å². The predicted octanol–water partition coefficient (Wildman–Crippen LogP) is 0.704. The molecular weight excluding hydrogens is 204 g/mol. The summed E-state index contributed by atoms with van der Waals surface area (Å²) >= 11 is 0. The third-order valence-corrected chi connectivity index (χ3v) is 2.62. The smallest absolute Gasteiger partial charge is 0.0587 e. The van der Waals surface area contributed by atoms with E-state index in [1.54, 1.807) is 0 Å². The lowest BCUT2D eigenvalue weighted by atomic mass is 9.88. The molecule has 16 heavy (non-hydrogen) atoms. The van der Waals surface area contributed by atoms with Gasteiger partial charge in [-0.2, -0.15) is 0 Å². The molecule has 0 saturated heterocycles. The minimum absolute atomic E-state index is 0.0365. The van der Waals surface area contributed by atoms with Crippen molar-refractivity contribution in [3.8, 4) is 0 Å². The average molecular weight is 234 g/mol. The Hall–Kier alpha value is -0.160. The molecule has 6 N–H and O–H groups in total. The van der Waals surface area contributed by atoms with Crippen LogP contribution in [0.4, 0.5) is 0 Å². The quantitative estimate of drug-likeness (QED) is 0.566. The van der Waals surface area contributed by atoms with Gasteiger partial charge < -0.3 is 21.7 Å². The summed E-state index contributed by atoms with van der Waals surface area (Å²) in [4.78, 5) is 0. The summed E-state index contributed by atoms with van der Waals surface area (Å²) in [5.74, 6) is 0. The normalized spacial score (nSPS) is 16.1. The topological polar surface area (TPSA) is 92.5 Å². The van der Waals surface area contributed by atoms with Crippen molar-refractivity contribution in [2.45, 2.75) is 53.6 Å². The second kappa shape index (κ2) is 7.22. The molecule has 0 radical (unpaired) electrons. The first-order valence-corrected chi connectivity index (χ1v) is 5.69. The van der Waals surface area contributed by atoms with E-state index in [9.17, 15) is 0 Å². The fourth-order valence-corrected chi connectivity index (χ4v) is 0.548. The number of aliphatic hydroxyl groups is 2. The van der Waals surface area contributed by atoms with Crippen molar-refractivity contribution in [2.24, 2.45) is 22.3 Å². The Morgan fingerprint density at radius 1 is 0.750 bits per heavy atom. The lowest BCUT2D eigenvalue weighted by Gasteiger charge is -2.24. The molecule has 0 aromatic heterocycles. The zero-order chi connectivity index (χ0) is 13.6. The molecule has 0 aliphatic rings. The van der Waals surface area contributed by atoms with Crippen molar-refractivity contribution >= 4 is 0 Å². The number of nitrogens with two attached hydrogens (primary N) is 2. The van der Waals surface area contributed by atoms with Gasteiger partial charge in [-0.05, 0) is 10.8 Å². The van der Waals surface area contributed by atoms with Crippen molar-refractivity contribution < 1.29 is 10.2 Å². The maximum atomic E-state index is 8.55. The monoisotopic (exact) mass is 234 g/mol. The Bertz CT molecular complexity index is 151. The molecule has 0 bridgehead atoms. The van der Waals surface area contributed by atoms with Crippen LogP contribution in [0, 0.1) is 10.8 Å². The van der Waals surface area contributed by atoms with Gasteiger partial charge in [0.05, 0.1) is 13.2 Å². The molecule has 0 heterocycles. The lowest BCUT2D eigenvalue weighted by Crippen LogP contribution is -2.37. The zero-order valence-electron chi connectivity index (χ0n) is 11.6. The van der Waals surface area contributed by atoms with Gasteiger partial charge in [-0.1, -0.05) is 41.5 Å². The van der Waals surface area contributed by atoms with Gasteiger partial charge in [0.2, 0.25) is 0 Å². The highest BCUT2D eigenvalue weighted by atomic mass is 16.3. The van der Waals surface area contributed by atoms with E-state index in [1.807, 2.05) is 41.5 Å². The number of aliphatic hydroxyl groups excluding tert-OH is 2. The highest BCUT2D eigenvalue weighted by Gasteiger charge is 2.19. The van der Waals surface area contributed by atoms with Gasteiger partial charge in [-0.3, -0.25) is 0 Å². The molecule has 1 unspecified atom stereocenters. The van der Waals surface area contributed by atoms with E-state index in [4.69, 9.17) is 21.7 Å². The molecule has 0 aliphatic carbocycles. The Balaban J connectivity index is 0. The minimum atomic E-state index is -0.0949. The van der Waals surface area contributed by atoms with Crippen LogP contribution < -0.4 is 11.5 Å². The third-order valence-electron chi connectivity index (χ3n) is 2.62. The van der Waals surface area contributed by atoms with Crippen LogP contribution in [0.25, 0.3) is 0 Å².